The summed E-state index contributed by atoms with van der Waals surface area (Å²) in [6, 6.07) is 0. The van der Waals surface area contributed by atoms with Crippen LogP contribution < -0.4 is 0 Å². The number of carboxylic acid groups (broad SMARTS) is 1. The normalized spacial score (nSPS) is 52.5. The van der Waals surface area contributed by atoms with E-state index in [2.05, 4.69) is 40.7 Å². The molecule has 4 heterocycles. The molecule has 22 heteroatoms. The molecule has 0 aromatic rings. The van der Waals surface area contributed by atoms with Crippen LogP contribution in [0.3, 0.4) is 0 Å². The Morgan fingerprint density at radius 2 is 1.35 bits per heavy atom. The molecule has 8 fully saturated rings. The van der Waals surface area contributed by atoms with Crippen LogP contribution in [0.1, 0.15) is 114 Å². The molecule has 4 saturated carbocycles. The van der Waals surface area contributed by atoms with Crippen molar-refractivity contribution in [3.63, 3.8) is 0 Å². The van der Waals surface area contributed by atoms with Crippen molar-refractivity contribution in [2.75, 3.05) is 13.2 Å². The largest absolute Gasteiger partial charge is 0.479 e. The smallest absolute Gasteiger partial charge is 0.335 e. The topological polar surface area (TPSA) is 333 Å². The van der Waals surface area contributed by atoms with Crippen LogP contribution in [0.25, 0.3) is 0 Å². The van der Waals surface area contributed by atoms with Gasteiger partial charge in [-0.15, -0.1) is 0 Å². The predicted octanol–water partition coefficient (Wildman–Crippen LogP) is 0.362. The summed E-state index contributed by atoms with van der Waals surface area (Å²) in [5.74, 6) is -3.03. The standard InChI is InChI=1S/C52H78O22/c1-21-32(56)34(58)38(62)43(67-21)73-40-35(59)33(57)26(19-53)69-44(40)74-41-37(61)36(60)39(42(63)64)72-45(41)70-29-13-14-49(7)27(47(29,4)5)12-15-50(8)28(49)11-10-24-25-16-48(6,20-66-22(2)54)30(68-23(3)55)17-52(25)18-31(51(24,50)9)71-46(52)65/h10,21,25-41,43-45,53,56-62H,11-20H2,1-9H3,(H,63,64)/t21-,25-,26+,27-,28+,29-,30-,31+,32-,33+,34+,35-,36-,37-,38+,39-,40+,41+,43-,44-,45+,48-,49-,50+,51-,52-/m0/s1. The van der Waals surface area contributed by atoms with Crippen molar-refractivity contribution in [2.24, 2.45) is 50.2 Å². The first-order valence-electron chi connectivity index (χ1n) is 26.3. The molecule has 9 aliphatic rings. The van der Waals surface area contributed by atoms with E-state index in [4.69, 9.17) is 42.6 Å². The molecule has 26 atom stereocenters. The van der Waals surface area contributed by atoms with Crippen LogP contribution in [0.5, 0.6) is 0 Å². The zero-order valence-corrected chi connectivity index (χ0v) is 43.6. The predicted molar refractivity (Wildman–Crippen MR) is 249 cm³/mol. The van der Waals surface area contributed by atoms with Crippen LogP contribution in [0.15, 0.2) is 11.6 Å². The molecule has 5 aliphatic carbocycles. The van der Waals surface area contributed by atoms with Crippen LogP contribution in [0, 0.1) is 50.2 Å². The number of esters is 3. The maximum Gasteiger partial charge on any atom is 0.335 e. The number of hydrogen-bond acceptors (Lipinski definition) is 21. The lowest BCUT2D eigenvalue weighted by Crippen LogP contribution is -2.68. The van der Waals surface area contributed by atoms with Crippen molar-refractivity contribution < 1.29 is 108 Å². The number of carboxylic acids is 1. The van der Waals surface area contributed by atoms with E-state index < -0.39 is 157 Å². The van der Waals surface area contributed by atoms with E-state index in [1.807, 2.05) is 6.92 Å². The number of rotatable bonds is 11. The SMILES string of the molecule is CC(=O)OC[C@]1(C)C[C@H]2C3=CC[C@@H]4[C@@]5(C)CC[C@H](O[C@@H]6O[C@H](C(=O)O)[C@@H](O)[C@H](O)[C@H]6O[C@@H]6O[C@H](CO)[C@@H](O)[C@H](O)[C@H]6O[C@@H]6O[C@@H](C)[C@H](O)[C@@H](O)[C@H]6O)C(C)(C)[C@@H]5CC[C@@]4(C)[C@]3(C)[C@H]3C[C@]2(C[C@@H]1OC(C)=O)C(=O)O3. The average molecular weight is 1060 g/mol. The highest BCUT2D eigenvalue weighted by atomic mass is 16.8. The Balaban J connectivity index is 0.993. The van der Waals surface area contributed by atoms with E-state index in [-0.39, 0.29) is 47.6 Å². The van der Waals surface area contributed by atoms with Gasteiger partial charge in [0.25, 0.3) is 0 Å². The zero-order valence-electron chi connectivity index (χ0n) is 43.6. The molecule has 4 saturated heterocycles. The summed E-state index contributed by atoms with van der Waals surface area (Å²) in [6.07, 6.45) is -21.5. The number of carbonyl (C=O) groups excluding carboxylic acids is 3. The average Bonchev–Trinajstić information content (AvgIpc) is 3.63. The Kier molecular flexibility index (Phi) is 14.7. The van der Waals surface area contributed by atoms with Gasteiger partial charge in [0, 0.05) is 37.5 Å². The lowest BCUT2D eigenvalue weighted by atomic mass is 9.33. The molecule has 4 aliphatic heterocycles. The number of aliphatic hydroxyl groups is 8. The number of ether oxygens (including phenoxy) is 9. The molecule has 0 aromatic carbocycles. The first-order chi connectivity index (χ1) is 34.5. The van der Waals surface area contributed by atoms with Gasteiger partial charge < -0.3 is 88.6 Å². The minimum absolute atomic E-state index is 0.0151. The monoisotopic (exact) mass is 1050 g/mol. The Labute approximate surface area is 429 Å². The molecule has 0 radical (unpaired) electrons. The Hall–Kier alpha value is -2.94. The van der Waals surface area contributed by atoms with Crippen LogP contribution in [-0.4, -0.2) is 193 Å². The van der Waals surface area contributed by atoms with Gasteiger partial charge >= 0.3 is 23.9 Å². The van der Waals surface area contributed by atoms with Crippen LogP contribution in [0.4, 0.5) is 0 Å². The third-order valence-electron chi connectivity index (χ3n) is 20.5. The van der Waals surface area contributed by atoms with Gasteiger partial charge in [-0.1, -0.05) is 53.2 Å². The summed E-state index contributed by atoms with van der Waals surface area (Å²) in [4.78, 5) is 51.6. The van der Waals surface area contributed by atoms with Crippen LogP contribution >= 0.6 is 0 Å². The first kappa shape index (κ1) is 55.8. The summed E-state index contributed by atoms with van der Waals surface area (Å²) in [6.45, 7) is 16.2. The highest BCUT2D eigenvalue weighted by Gasteiger charge is 2.76. The third-order valence-corrected chi connectivity index (χ3v) is 20.5. The Morgan fingerprint density at radius 1 is 0.703 bits per heavy atom. The first-order valence-corrected chi connectivity index (χ1v) is 26.3. The van der Waals surface area contributed by atoms with Crippen molar-refractivity contribution in [3.05, 3.63) is 11.6 Å². The molecule has 74 heavy (non-hydrogen) atoms. The summed E-state index contributed by atoms with van der Waals surface area (Å²) in [5, 5.41) is 97.1. The molecule has 22 nitrogen and oxygen atoms in total. The highest BCUT2D eigenvalue weighted by Crippen LogP contribution is 2.78. The van der Waals surface area contributed by atoms with Gasteiger partial charge in [0.1, 0.15) is 79.9 Å². The number of aliphatic carboxylic acids is 1. The lowest BCUT2D eigenvalue weighted by Gasteiger charge is -2.71. The minimum Gasteiger partial charge on any atom is -0.479 e. The van der Waals surface area contributed by atoms with E-state index in [0.717, 1.165) is 18.4 Å². The lowest BCUT2D eigenvalue weighted by molar-refractivity contribution is -0.395. The van der Waals surface area contributed by atoms with Gasteiger partial charge in [-0.2, -0.15) is 0 Å². The third kappa shape index (κ3) is 8.49. The molecular weight excluding hydrogens is 977 g/mol. The Bertz CT molecular complexity index is 2210. The molecule has 0 amide bonds. The molecule has 418 valence electrons. The second-order valence-corrected chi connectivity index (χ2v) is 24.7. The van der Waals surface area contributed by atoms with Crippen molar-refractivity contribution in [1.82, 2.24) is 0 Å². The molecule has 0 unspecified atom stereocenters. The second-order valence-electron chi connectivity index (χ2n) is 24.7. The molecule has 9 N–H and O–H groups in total. The van der Waals surface area contributed by atoms with Gasteiger partial charge in [-0.3, -0.25) is 14.4 Å². The van der Waals surface area contributed by atoms with Crippen LogP contribution in [0.2, 0.25) is 0 Å². The van der Waals surface area contributed by atoms with Gasteiger partial charge in [-0.05, 0) is 79.4 Å². The maximum absolute atomic E-state index is 14.4. The van der Waals surface area contributed by atoms with Crippen molar-refractivity contribution in [3.8, 4) is 0 Å². The number of allylic oxidation sites excluding steroid dienone is 1. The molecule has 0 aromatic heterocycles. The molecule has 9 rings (SSSR count). The number of hydrogen-bond donors (Lipinski definition) is 9. The summed E-state index contributed by atoms with van der Waals surface area (Å²) in [5.41, 5.74) is -2.52. The summed E-state index contributed by atoms with van der Waals surface area (Å²) < 4.78 is 54.5. The highest BCUT2D eigenvalue weighted by molar-refractivity contribution is 5.82. The van der Waals surface area contributed by atoms with E-state index >= 15 is 0 Å². The van der Waals surface area contributed by atoms with Crippen molar-refractivity contribution in [1.29, 1.82) is 0 Å². The van der Waals surface area contributed by atoms with Gasteiger partial charge in [0.05, 0.1) is 24.2 Å². The van der Waals surface area contributed by atoms with Gasteiger partial charge in [-0.25, -0.2) is 4.79 Å². The number of carbonyl (C=O) groups is 4. The van der Waals surface area contributed by atoms with Crippen LogP contribution in [-0.2, 0) is 61.8 Å². The van der Waals surface area contributed by atoms with Crippen molar-refractivity contribution >= 4 is 23.9 Å². The number of fused-ring (bicyclic) bond motifs is 8. The fourth-order valence-electron chi connectivity index (χ4n) is 16.2. The molecular formula is C52H78O22. The molecule has 2 bridgehead atoms. The summed E-state index contributed by atoms with van der Waals surface area (Å²) in [7, 11) is 0. The van der Waals surface area contributed by atoms with Gasteiger partial charge in [0.15, 0.2) is 25.0 Å². The fourth-order valence-corrected chi connectivity index (χ4v) is 16.2. The van der Waals surface area contributed by atoms with E-state index in [9.17, 15) is 65.1 Å². The van der Waals surface area contributed by atoms with E-state index in [1.165, 1.54) is 20.8 Å². The van der Waals surface area contributed by atoms with Gasteiger partial charge in [0.2, 0.25) is 0 Å². The summed E-state index contributed by atoms with van der Waals surface area (Å²) >= 11 is 0. The minimum atomic E-state index is -2.08. The van der Waals surface area contributed by atoms with E-state index in [1.54, 1.807) is 0 Å². The fraction of sp³-hybridized carbons (Fsp3) is 0.885. The quantitative estimate of drug-likeness (QED) is 0.0584. The number of aliphatic hydroxyl groups excluding tert-OH is 8. The van der Waals surface area contributed by atoms with Crippen molar-refractivity contribution in [2.45, 2.75) is 224 Å². The van der Waals surface area contributed by atoms with E-state index in [0.29, 0.717) is 32.1 Å². The Morgan fingerprint density at radius 3 is 1.99 bits per heavy atom. The zero-order chi connectivity index (χ0) is 54.2. The molecule has 1 spiro atoms. The maximum atomic E-state index is 14.4. The second kappa shape index (κ2) is 19.5.